The summed E-state index contributed by atoms with van der Waals surface area (Å²) in [5.41, 5.74) is 0.0385. The van der Waals surface area contributed by atoms with Crippen molar-refractivity contribution in [2.75, 3.05) is 25.0 Å². The zero-order valence-corrected chi connectivity index (χ0v) is 14.1. The molecule has 0 atom stereocenters. The van der Waals surface area contributed by atoms with Gasteiger partial charge in [0.25, 0.3) is 5.91 Å². The number of esters is 1. The summed E-state index contributed by atoms with van der Waals surface area (Å²) >= 11 is 0. The Morgan fingerprint density at radius 3 is 2.73 bits per heavy atom. The normalized spacial score (nSPS) is 14.7. The Balaban J connectivity index is 1.81. The molecule has 1 heterocycles. The maximum absolute atomic E-state index is 12.3. The van der Waals surface area contributed by atoms with Gasteiger partial charge in [-0.25, -0.2) is 0 Å². The van der Waals surface area contributed by atoms with E-state index in [0.717, 1.165) is 19.3 Å². The Hall–Kier alpha value is -2.71. The number of anilines is 1. The van der Waals surface area contributed by atoms with Crippen molar-refractivity contribution in [2.24, 2.45) is 0 Å². The van der Waals surface area contributed by atoms with E-state index < -0.39 is 25.1 Å². The summed E-state index contributed by atoms with van der Waals surface area (Å²) in [6.45, 7) is -3.35. The van der Waals surface area contributed by atoms with Crippen LogP contribution in [-0.2, 0) is 19.1 Å². The first-order valence-corrected chi connectivity index (χ1v) is 8.23. The summed E-state index contributed by atoms with van der Waals surface area (Å²) in [6, 6.07) is 5.67. The first-order chi connectivity index (χ1) is 12.5. The van der Waals surface area contributed by atoms with E-state index >= 15 is 0 Å². The van der Waals surface area contributed by atoms with Gasteiger partial charge < -0.3 is 19.7 Å². The van der Waals surface area contributed by atoms with Crippen LogP contribution in [0.1, 0.15) is 25.7 Å². The highest BCUT2D eigenvalue weighted by Gasteiger charge is 2.20. The Kier molecular flexibility index (Phi) is 7.31. The predicted octanol–water partition coefficient (Wildman–Crippen LogP) is 2.17. The Morgan fingerprint density at radius 1 is 1.19 bits per heavy atom. The molecule has 1 N–H and O–H groups in total. The molecule has 0 spiro atoms. The summed E-state index contributed by atoms with van der Waals surface area (Å²) in [4.78, 5) is 36.9. The second-order valence-electron chi connectivity index (χ2n) is 5.71. The molecule has 2 amide bonds. The van der Waals surface area contributed by atoms with Crippen molar-refractivity contribution in [3.05, 3.63) is 24.3 Å². The van der Waals surface area contributed by atoms with Crippen molar-refractivity contribution in [3.8, 4) is 5.75 Å². The third-order valence-corrected chi connectivity index (χ3v) is 3.73. The van der Waals surface area contributed by atoms with E-state index in [1.54, 1.807) is 0 Å². The topological polar surface area (TPSA) is 84.9 Å². The third-order valence-electron chi connectivity index (χ3n) is 3.73. The smallest absolute Gasteiger partial charge is 0.387 e. The van der Waals surface area contributed by atoms with Crippen LogP contribution in [0.25, 0.3) is 0 Å². The minimum absolute atomic E-state index is 0.0385. The van der Waals surface area contributed by atoms with Crippen molar-refractivity contribution in [1.29, 1.82) is 0 Å². The number of ether oxygens (including phenoxy) is 2. The van der Waals surface area contributed by atoms with Crippen LogP contribution in [-0.4, -0.2) is 49.0 Å². The summed E-state index contributed by atoms with van der Waals surface area (Å²) in [5.74, 6) is -1.71. The minimum atomic E-state index is -3.03. The monoisotopic (exact) mass is 370 g/mol. The van der Waals surface area contributed by atoms with E-state index in [4.69, 9.17) is 4.74 Å². The van der Waals surface area contributed by atoms with Gasteiger partial charge in [0.05, 0.1) is 5.69 Å². The van der Waals surface area contributed by atoms with Crippen LogP contribution in [0, 0.1) is 0 Å². The number of carbonyl (C=O) groups is 3. The van der Waals surface area contributed by atoms with Crippen LogP contribution in [0.2, 0.25) is 0 Å². The summed E-state index contributed by atoms with van der Waals surface area (Å²) in [5, 5.41) is 2.34. The van der Waals surface area contributed by atoms with Crippen molar-refractivity contribution in [1.82, 2.24) is 4.90 Å². The highest BCUT2D eigenvalue weighted by molar-refractivity contribution is 5.94. The second kappa shape index (κ2) is 9.69. The van der Waals surface area contributed by atoms with Gasteiger partial charge in [-0.15, -0.1) is 0 Å². The van der Waals surface area contributed by atoms with Crippen LogP contribution in [0.4, 0.5) is 14.5 Å². The zero-order chi connectivity index (χ0) is 18.9. The molecule has 1 aliphatic rings. The number of halogens is 2. The lowest BCUT2D eigenvalue weighted by Gasteiger charge is -2.19. The van der Waals surface area contributed by atoms with Crippen LogP contribution in [0.5, 0.6) is 5.75 Å². The summed E-state index contributed by atoms with van der Waals surface area (Å²) < 4.78 is 33.8. The molecule has 1 aromatic carbocycles. The fourth-order valence-corrected chi connectivity index (χ4v) is 2.51. The molecule has 2 rings (SSSR count). The van der Waals surface area contributed by atoms with E-state index in [0.29, 0.717) is 13.0 Å². The predicted molar refractivity (Wildman–Crippen MR) is 87.7 cm³/mol. The van der Waals surface area contributed by atoms with E-state index in [-0.39, 0.29) is 23.9 Å². The van der Waals surface area contributed by atoms with Crippen LogP contribution < -0.4 is 10.1 Å². The SMILES string of the molecule is O=C(COC(=O)CN1CCCCCC1=O)Nc1ccccc1OC(F)F. The number of benzene rings is 1. The first kappa shape index (κ1) is 19.6. The molecule has 142 valence electrons. The van der Waals surface area contributed by atoms with Gasteiger partial charge in [-0.3, -0.25) is 14.4 Å². The molecule has 1 fully saturated rings. The van der Waals surface area contributed by atoms with E-state index in [2.05, 4.69) is 10.1 Å². The Morgan fingerprint density at radius 2 is 1.96 bits per heavy atom. The van der Waals surface area contributed by atoms with E-state index in [9.17, 15) is 23.2 Å². The lowest BCUT2D eigenvalue weighted by molar-refractivity contribution is -0.151. The van der Waals surface area contributed by atoms with Gasteiger partial charge in [-0.2, -0.15) is 8.78 Å². The third kappa shape index (κ3) is 6.30. The first-order valence-electron chi connectivity index (χ1n) is 8.23. The molecule has 1 aliphatic heterocycles. The number of para-hydroxylation sites is 2. The van der Waals surface area contributed by atoms with Gasteiger partial charge >= 0.3 is 12.6 Å². The highest BCUT2D eigenvalue weighted by Crippen LogP contribution is 2.25. The molecule has 0 saturated carbocycles. The average molecular weight is 370 g/mol. The van der Waals surface area contributed by atoms with Gasteiger partial charge in [-0.05, 0) is 25.0 Å². The number of likely N-dealkylation sites (tertiary alicyclic amines) is 1. The quantitative estimate of drug-likeness (QED) is 0.744. The maximum atomic E-state index is 12.3. The number of nitrogens with zero attached hydrogens (tertiary/aromatic N) is 1. The standard InChI is InChI=1S/C17H20F2N2O5/c18-17(19)26-13-7-4-3-6-12(13)20-14(22)11-25-16(24)10-21-9-5-1-2-8-15(21)23/h3-4,6-7,17H,1-2,5,8-11H2,(H,20,22). The number of rotatable bonds is 7. The fraction of sp³-hybridized carbons (Fsp3) is 0.471. The summed E-state index contributed by atoms with van der Waals surface area (Å²) in [7, 11) is 0. The van der Waals surface area contributed by atoms with Gasteiger partial charge in [0.1, 0.15) is 12.3 Å². The zero-order valence-electron chi connectivity index (χ0n) is 14.1. The second-order valence-corrected chi connectivity index (χ2v) is 5.71. The van der Waals surface area contributed by atoms with E-state index in [1.807, 2.05) is 0 Å². The van der Waals surface area contributed by atoms with Gasteiger partial charge in [0.15, 0.2) is 6.61 Å². The van der Waals surface area contributed by atoms with Crippen molar-refractivity contribution >= 4 is 23.5 Å². The molecule has 26 heavy (non-hydrogen) atoms. The molecule has 0 unspecified atom stereocenters. The van der Waals surface area contributed by atoms with Crippen LogP contribution in [0.15, 0.2) is 24.3 Å². The molecular formula is C17H20F2N2O5. The van der Waals surface area contributed by atoms with Crippen LogP contribution >= 0.6 is 0 Å². The molecule has 0 aromatic heterocycles. The number of alkyl halides is 2. The summed E-state index contributed by atoms with van der Waals surface area (Å²) in [6.07, 6.45) is 2.95. The van der Waals surface area contributed by atoms with Crippen LogP contribution in [0.3, 0.4) is 0 Å². The molecule has 0 radical (unpaired) electrons. The maximum Gasteiger partial charge on any atom is 0.387 e. The molecule has 7 nitrogen and oxygen atoms in total. The van der Waals surface area contributed by atoms with Gasteiger partial charge in [-0.1, -0.05) is 18.6 Å². The average Bonchev–Trinajstić information content (AvgIpc) is 2.79. The highest BCUT2D eigenvalue weighted by atomic mass is 19.3. The van der Waals surface area contributed by atoms with Crippen molar-refractivity contribution in [2.45, 2.75) is 32.3 Å². The number of hydrogen-bond acceptors (Lipinski definition) is 5. The number of carbonyl (C=O) groups excluding carboxylic acids is 3. The van der Waals surface area contributed by atoms with Crippen molar-refractivity contribution in [3.63, 3.8) is 0 Å². The Labute approximate surface area is 149 Å². The number of hydrogen-bond donors (Lipinski definition) is 1. The molecule has 0 aliphatic carbocycles. The van der Waals surface area contributed by atoms with E-state index in [1.165, 1.54) is 29.2 Å². The number of nitrogens with one attached hydrogen (secondary N) is 1. The molecule has 0 bridgehead atoms. The molecule has 1 saturated heterocycles. The molecular weight excluding hydrogens is 350 g/mol. The lowest BCUT2D eigenvalue weighted by atomic mass is 10.2. The van der Waals surface area contributed by atoms with Gasteiger partial charge in [0, 0.05) is 13.0 Å². The fourth-order valence-electron chi connectivity index (χ4n) is 2.51. The number of amides is 2. The molecule has 1 aromatic rings. The lowest BCUT2D eigenvalue weighted by Crippen LogP contribution is -2.36. The minimum Gasteiger partial charge on any atom is -0.454 e. The van der Waals surface area contributed by atoms with Gasteiger partial charge in [0.2, 0.25) is 5.91 Å². The van der Waals surface area contributed by atoms with Crippen molar-refractivity contribution < 1.29 is 32.6 Å². The Bertz CT molecular complexity index is 654. The largest absolute Gasteiger partial charge is 0.454 e. The molecule has 9 heteroatoms.